The molecule has 0 aromatic heterocycles. The van der Waals surface area contributed by atoms with E-state index >= 15 is 0 Å². The molecule has 1 saturated heterocycles. The van der Waals surface area contributed by atoms with Gasteiger partial charge in [-0.1, -0.05) is 30.3 Å². The van der Waals surface area contributed by atoms with Gasteiger partial charge < -0.3 is 14.8 Å². The highest BCUT2D eigenvalue weighted by Crippen LogP contribution is 2.42. The maximum absolute atomic E-state index is 13.5. The normalized spacial score (nSPS) is 17.2. The number of ether oxygens (including phenoxy) is 2. The number of halogens is 2. The Hall–Kier alpha value is -3.41. The summed E-state index contributed by atoms with van der Waals surface area (Å²) in [6.45, 7) is 2.94. The Labute approximate surface area is 198 Å². The molecule has 1 atom stereocenters. The van der Waals surface area contributed by atoms with Crippen molar-refractivity contribution in [3.8, 4) is 11.5 Å². The number of carbonyl (C=O) groups excluding carboxylic acids is 1. The zero-order valence-electron chi connectivity index (χ0n) is 19.4. The lowest BCUT2D eigenvalue weighted by Crippen LogP contribution is -2.51. The monoisotopic (exact) mass is 465 g/mol. The molecule has 4 rings (SSSR count). The molecule has 1 aliphatic heterocycles. The Balaban J connectivity index is 1.70. The first-order valence-electron chi connectivity index (χ1n) is 11.5. The van der Waals surface area contributed by atoms with Gasteiger partial charge in [-0.3, -0.25) is 4.79 Å². The van der Waals surface area contributed by atoms with Crippen molar-refractivity contribution in [3.63, 3.8) is 0 Å². The second-order valence-corrected chi connectivity index (χ2v) is 8.84. The number of hydrogen-bond acceptors (Lipinski definition) is 3. The van der Waals surface area contributed by atoms with Crippen LogP contribution in [-0.4, -0.2) is 26.2 Å². The van der Waals surface area contributed by atoms with E-state index in [4.69, 9.17) is 9.47 Å². The third-order valence-electron chi connectivity index (χ3n) is 6.50. The number of benzene rings is 3. The second kappa shape index (κ2) is 10.2. The quantitative estimate of drug-likeness (QED) is 0.481. The molecular weight excluding hydrogens is 436 g/mol. The minimum Gasteiger partial charge on any atom is -0.493 e. The van der Waals surface area contributed by atoms with Crippen LogP contribution in [0.15, 0.2) is 66.7 Å². The number of hydrogen-bond donors (Lipinski definition) is 1. The van der Waals surface area contributed by atoms with E-state index in [9.17, 15) is 13.6 Å². The van der Waals surface area contributed by atoms with E-state index in [1.165, 1.54) is 24.3 Å². The van der Waals surface area contributed by atoms with Gasteiger partial charge in [-0.15, -0.1) is 0 Å². The molecule has 6 heteroatoms. The van der Waals surface area contributed by atoms with E-state index in [0.717, 1.165) is 16.7 Å². The van der Waals surface area contributed by atoms with E-state index in [-0.39, 0.29) is 23.5 Å². The van der Waals surface area contributed by atoms with Crippen molar-refractivity contribution in [2.45, 2.75) is 32.1 Å². The summed E-state index contributed by atoms with van der Waals surface area (Å²) < 4.78 is 38.2. The maximum atomic E-state index is 13.5. The molecule has 178 valence electrons. The summed E-state index contributed by atoms with van der Waals surface area (Å²) in [5.41, 5.74) is 2.03. The smallest absolute Gasteiger partial charge is 0.226 e. The van der Waals surface area contributed by atoms with Crippen molar-refractivity contribution < 1.29 is 23.0 Å². The van der Waals surface area contributed by atoms with Crippen molar-refractivity contribution in [2.75, 3.05) is 20.3 Å². The van der Waals surface area contributed by atoms with Crippen LogP contribution in [0.4, 0.5) is 8.78 Å². The van der Waals surface area contributed by atoms with Gasteiger partial charge in [-0.2, -0.15) is 0 Å². The molecule has 0 spiro atoms. The Bertz CT molecular complexity index is 1080. The fourth-order valence-electron chi connectivity index (χ4n) is 4.84. The Morgan fingerprint density at radius 3 is 2.03 bits per heavy atom. The molecule has 0 bridgehead atoms. The lowest BCUT2D eigenvalue weighted by Gasteiger charge is -2.41. The van der Waals surface area contributed by atoms with Crippen LogP contribution < -0.4 is 14.8 Å². The number of piperidine rings is 1. The lowest BCUT2D eigenvalue weighted by atomic mass is 9.67. The number of nitrogens with one attached hydrogen (secondary N) is 1. The van der Waals surface area contributed by atoms with Crippen molar-refractivity contribution in [1.29, 1.82) is 0 Å². The van der Waals surface area contributed by atoms with Crippen LogP contribution in [0.1, 0.15) is 36.0 Å². The number of carbonyl (C=O) groups is 1. The molecular formula is C28H29F2NO3. The summed E-state index contributed by atoms with van der Waals surface area (Å²) in [5.74, 6) is 0.698. The summed E-state index contributed by atoms with van der Waals surface area (Å²) in [5, 5.41) is 3.11. The first kappa shape index (κ1) is 23.7. The highest BCUT2D eigenvalue weighted by Gasteiger charge is 2.44. The maximum Gasteiger partial charge on any atom is 0.226 e. The molecule has 3 aromatic carbocycles. The first-order chi connectivity index (χ1) is 16.4. The molecule has 1 N–H and O–H groups in total. The summed E-state index contributed by atoms with van der Waals surface area (Å²) in [4.78, 5) is 13.4. The third-order valence-corrected chi connectivity index (χ3v) is 6.50. The van der Waals surface area contributed by atoms with Gasteiger partial charge in [-0.05, 0) is 79.3 Å². The fourth-order valence-corrected chi connectivity index (χ4v) is 4.84. The van der Waals surface area contributed by atoms with Gasteiger partial charge in [0, 0.05) is 12.5 Å². The zero-order valence-corrected chi connectivity index (χ0v) is 19.4. The van der Waals surface area contributed by atoms with Crippen LogP contribution in [0, 0.1) is 17.0 Å². The van der Waals surface area contributed by atoms with Gasteiger partial charge in [0.1, 0.15) is 11.6 Å². The van der Waals surface area contributed by atoms with Crippen molar-refractivity contribution in [3.05, 3.63) is 95.1 Å². The standard InChI is InChI=1S/C28H29F2NO3/c1-3-34-26-14-21(8-13-25(26)33-2)22-17-28(27(32)31-18-22,15-19-4-9-23(29)10-5-19)16-20-6-11-24(30)12-7-20/h4-14,22H,3,15-18H2,1-2H3,(H,31,32)/t22-/m1/s1. The predicted molar refractivity (Wildman–Crippen MR) is 127 cm³/mol. The predicted octanol–water partition coefficient (Wildman–Crippen LogP) is 5.45. The largest absolute Gasteiger partial charge is 0.493 e. The Morgan fingerprint density at radius 2 is 1.50 bits per heavy atom. The molecule has 34 heavy (non-hydrogen) atoms. The SMILES string of the molecule is CCOc1cc([C@H]2CNC(=O)C(Cc3ccc(F)cc3)(Cc3ccc(F)cc3)C2)ccc1OC. The average molecular weight is 466 g/mol. The van der Waals surface area contributed by atoms with Crippen LogP contribution in [0.25, 0.3) is 0 Å². The van der Waals surface area contributed by atoms with Gasteiger partial charge in [0.05, 0.1) is 19.1 Å². The molecule has 1 fully saturated rings. The lowest BCUT2D eigenvalue weighted by molar-refractivity contribution is -0.134. The highest BCUT2D eigenvalue weighted by molar-refractivity contribution is 5.84. The fraction of sp³-hybridized carbons (Fsp3) is 0.321. The first-order valence-corrected chi connectivity index (χ1v) is 11.5. The number of amides is 1. The topological polar surface area (TPSA) is 47.6 Å². The molecule has 1 amide bonds. The van der Waals surface area contributed by atoms with E-state index in [1.807, 2.05) is 25.1 Å². The average Bonchev–Trinajstić information content (AvgIpc) is 2.84. The number of methoxy groups -OCH3 is 1. The molecule has 0 aliphatic carbocycles. The van der Waals surface area contributed by atoms with Crippen LogP contribution >= 0.6 is 0 Å². The molecule has 1 aliphatic rings. The second-order valence-electron chi connectivity index (χ2n) is 8.84. The van der Waals surface area contributed by atoms with Crippen LogP contribution in [0.5, 0.6) is 11.5 Å². The van der Waals surface area contributed by atoms with E-state index in [2.05, 4.69) is 5.32 Å². The van der Waals surface area contributed by atoms with Gasteiger partial charge in [-0.25, -0.2) is 8.78 Å². The summed E-state index contributed by atoms with van der Waals surface area (Å²) >= 11 is 0. The molecule has 0 unspecified atom stereocenters. The van der Waals surface area contributed by atoms with Crippen molar-refractivity contribution in [1.82, 2.24) is 5.32 Å². The molecule has 0 saturated carbocycles. The van der Waals surface area contributed by atoms with Crippen molar-refractivity contribution in [2.24, 2.45) is 5.41 Å². The van der Waals surface area contributed by atoms with Gasteiger partial charge in [0.15, 0.2) is 11.5 Å². The van der Waals surface area contributed by atoms with Crippen LogP contribution in [0.2, 0.25) is 0 Å². The Kier molecular flexibility index (Phi) is 7.15. The molecule has 1 heterocycles. The van der Waals surface area contributed by atoms with Gasteiger partial charge in [0.2, 0.25) is 5.91 Å². The summed E-state index contributed by atoms with van der Waals surface area (Å²) in [7, 11) is 1.61. The third kappa shape index (κ3) is 5.22. The minimum atomic E-state index is -0.774. The van der Waals surface area contributed by atoms with E-state index < -0.39 is 5.41 Å². The van der Waals surface area contributed by atoms with E-state index in [1.54, 1.807) is 31.4 Å². The minimum absolute atomic E-state index is 0.0451. The van der Waals surface area contributed by atoms with Gasteiger partial charge in [0.25, 0.3) is 0 Å². The summed E-state index contributed by atoms with van der Waals surface area (Å²) in [6.07, 6.45) is 1.48. The number of rotatable bonds is 8. The van der Waals surface area contributed by atoms with Crippen LogP contribution in [-0.2, 0) is 17.6 Å². The van der Waals surface area contributed by atoms with E-state index in [0.29, 0.717) is 43.9 Å². The Morgan fingerprint density at radius 1 is 0.912 bits per heavy atom. The van der Waals surface area contributed by atoms with Crippen LogP contribution in [0.3, 0.4) is 0 Å². The zero-order chi connectivity index (χ0) is 24.1. The molecule has 3 aromatic rings. The molecule has 0 radical (unpaired) electrons. The van der Waals surface area contributed by atoms with Gasteiger partial charge >= 0.3 is 0 Å². The highest BCUT2D eigenvalue weighted by atomic mass is 19.1. The van der Waals surface area contributed by atoms with Crippen molar-refractivity contribution >= 4 is 5.91 Å². The molecule has 4 nitrogen and oxygen atoms in total. The summed E-state index contributed by atoms with van der Waals surface area (Å²) in [6, 6.07) is 18.4.